The largest absolute Gasteiger partial charge is 0.457 e. The maximum absolute atomic E-state index is 12.5. The summed E-state index contributed by atoms with van der Waals surface area (Å²) in [5, 5.41) is 29.2. The van der Waals surface area contributed by atoms with E-state index in [1.54, 1.807) is 31.6 Å². The molecule has 0 aliphatic carbocycles. The minimum atomic E-state index is -0.634. The summed E-state index contributed by atoms with van der Waals surface area (Å²) in [5.41, 5.74) is 34.3. The SMILES string of the molecule is CN[C@@H](c1ccc(Oc2ccccc2)cc1)c1ncnc2cc(C)c(C)cc12.CN[C@H](c1ccc(Oc2ccccc2)cc1)c1ncnc2cc(C)c(C)cc12.Cc1cc2ncnc(Nc3ccc(C(=O)c4ccccc4)cc3)c2cc1C.Cc1cc2ncnc(Nc3ccc([C@@H](O)c4ccccc4)cc3)c2cc1C.Cc1cc2ncnc([C@H](N)c3ccc(Oc4ccccc4)cc3)c2cc1C. The number of rotatable bonds is 22. The molecule has 0 amide bonds. The molecule has 5 heterocycles. The summed E-state index contributed by atoms with van der Waals surface area (Å²) < 4.78 is 17.7. The number of hydrogen-bond donors (Lipinski definition) is 6. The molecule has 5 aromatic heterocycles. The van der Waals surface area contributed by atoms with Gasteiger partial charge in [0.15, 0.2) is 5.78 Å². The molecule has 20 aromatic rings. The summed E-state index contributed by atoms with van der Waals surface area (Å²) >= 11 is 0. The maximum atomic E-state index is 12.5. The Morgan fingerprint density at radius 2 is 0.526 bits per heavy atom. The van der Waals surface area contributed by atoms with Crippen molar-refractivity contribution in [2.75, 3.05) is 24.7 Å². The summed E-state index contributed by atoms with van der Waals surface area (Å²) in [5.74, 6) is 6.40. The molecule has 137 heavy (non-hydrogen) atoms. The van der Waals surface area contributed by atoms with Crippen LogP contribution in [0.5, 0.6) is 34.5 Å². The van der Waals surface area contributed by atoms with Gasteiger partial charge >= 0.3 is 0 Å². The highest BCUT2D eigenvalue weighted by molar-refractivity contribution is 6.09. The average molecular weight is 1800 g/mol. The van der Waals surface area contributed by atoms with E-state index < -0.39 is 6.10 Å². The number of aliphatic hydroxyl groups excluding tert-OH is 1. The summed E-state index contributed by atoms with van der Waals surface area (Å²) in [4.78, 5) is 57.1. The number of aryl methyl sites for hydroxylation is 10. The molecule has 20 rings (SSSR count). The number of ketones is 1. The summed E-state index contributed by atoms with van der Waals surface area (Å²) in [6.45, 7) is 21.0. The molecule has 20 nitrogen and oxygen atoms in total. The summed E-state index contributed by atoms with van der Waals surface area (Å²) in [7, 11) is 3.90. The minimum absolute atomic E-state index is 0.0146. The minimum Gasteiger partial charge on any atom is -0.457 e. The van der Waals surface area contributed by atoms with Crippen LogP contribution in [0.2, 0.25) is 0 Å². The molecule has 680 valence electrons. The second-order valence-corrected chi connectivity index (χ2v) is 33.8. The van der Waals surface area contributed by atoms with Gasteiger partial charge in [-0.15, -0.1) is 0 Å². The predicted molar refractivity (Wildman–Crippen MR) is 552 cm³/mol. The maximum Gasteiger partial charge on any atom is 0.193 e. The standard InChI is InChI=1S/2C24H23N3O.2C23H21N3O.C23H19N3O/c2*1-16-13-21-22(14-17(16)2)26-15-27-24(21)23(25-3)18-9-11-20(12-10-18)28-19-7-5-4-6-8-19;1-15-12-20-21(13-16(15)2)25-14-26-23(20)22(24)17-8-10-19(11-9-17)27-18-6-4-3-5-7-18;2*1-15-12-20-21(13-16(15)2)24-14-25-23(20)26-19-10-8-18(9-11-19)22(27)17-6-4-3-5-7-17/h2*4-15,23,25H,1-3H3;3-14,22H,24H2,1-2H3;3-14,22,27H,1-2H3,(H,24,25,26);3-14H,1-2H3,(H,24,25,26)/t2*23-;2*22-;/m1010./s1. The van der Waals surface area contributed by atoms with Crippen molar-refractivity contribution in [1.29, 1.82) is 0 Å². The number of nitrogens with two attached hydrogens (primary N) is 1. The third-order valence-electron chi connectivity index (χ3n) is 24.4. The number of nitrogens with one attached hydrogen (secondary N) is 4. The fraction of sp³-hybridized carbons (Fsp3) is 0.137. The number of anilines is 4. The molecule has 0 unspecified atom stereocenters. The second-order valence-electron chi connectivity index (χ2n) is 33.8. The molecular formula is C117H107N15O5. The van der Waals surface area contributed by atoms with Gasteiger partial charge in [-0.3, -0.25) is 4.79 Å². The Labute approximate surface area is 798 Å². The lowest BCUT2D eigenvalue weighted by molar-refractivity contribution is 0.103. The van der Waals surface area contributed by atoms with Crippen LogP contribution in [0.4, 0.5) is 23.0 Å². The third-order valence-corrected chi connectivity index (χ3v) is 24.4. The van der Waals surface area contributed by atoms with Crippen molar-refractivity contribution in [3.63, 3.8) is 0 Å². The van der Waals surface area contributed by atoms with E-state index >= 15 is 0 Å². The molecule has 0 radical (unpaired) electrons. The Morgan fingerprint density at radius 3 is 0.876 bits per heavy atom. The Kier molecular flexibility index (Phi) is 30.0. The average Bonchev–Trinajstić information content (AvgIpc) is 0.783. The molecule has 0 spiro atoms. The van der Waals surface area contributed by atoms with Gasteiger partial charge in [0.05, 0.1) is 62.8 Å². The first-order valence-electron chi connectivity index (χ1n) is 45.4. The highest BCUT2D eigenvalue weighted by Gasteiger charge is 2.23. The van der Waals surface area contributed by atoms with E-state index in [9.17, 15) is 9.90 Å². The predicted octanol–water partition coefficient (Wildman–Crippen LogP) is 26.1. The molecule has 20 heteroatoms. The van der Waals surface area contributed by atoms with Gasteiger partial charge in [0, 0.05) is 49.4 Å². The highest BCUT2D eigenvalue weighted by atomic mass is 16.5. The Hall–Kier alpha value is -16.5. The first-order chi connectivity index (χ1) is 66.6. The number of hydrogen-bond acceptors (Lipinski definition) is 20. The van der Waals surface area contributed by atoms with Crippen molar-refractivity contribution in [2.45, 2.75) is 93.5 Å². The number of carbonyl (C=O) groups excluding carboxylic acids is 1. The van der Waals surface area contributed by atoms with Crippen LogP contribution in [0.1, 0.15) is 141 Å². The monoisotopic (exact) mass is 1800 g/mol. The molecule has 0 bridgehead atoms. The summed E-state index contributed by atoms with van der Waals surface area (Å²) in [6.07, 6.45) is 7.37. The zero-order valence-electron chi connectivity index (χ0n) is 78.6. The van der Waals surface area contributed by atoms with Gasteiger partial charge in [0.2, 0.25) is 0 Å². The second kappa shape index (κ2) is 43.9. The number of carbonyl (C=O) groups is 1. The number of ether oxygens (including phenoxy) is 3. The van der Waals surface area contributed by atoms with Crippen LogP contribution in [0.3, 0.4) is 0 Å². The lowest BCUT2D eigenvalue weighted by atomic mass is 9.98. The van der Waals surface area contributed by atoms with E-state index in [-0.39, 0.29) is 23.9 Å². The van der Waals surface area contributed by atoms with Gasteiger partial charge in [-0.25, -0.2) is 49.8 Å². The van der Waals surface area contributed by atoms with Crippen molar-refractivity contribution >= 4 is 83.3 Å². The Bertz CT molecular complexity index is 7370. The first kappa shape index (κ1) is 93.7. The molecule has 0 aliphatic rings. The van der Waals surface area contributed by atoms with Crippen LogP contribution in [-0.4, -0.2) is 74.8 Å². The third kappa shape index (κ3) is 23.1. The van der Waals surface area contributed by atoms with Crippen LogP contribution in [0.25, 0.3) is 54.5 Å². The molecule has 0 saturated heterocycles. The van der Waals surface area contributed by atoms with Gasteiger partial charge in [-0.2, -0.15) is 0 Å². The summed E-state index contributed by atoms with van der Waals surface area (Å²) in [6, 6.07) is 108. The van der Waals surface area contributed by atoms with E-state index in [1.165, 1.54) is 55.6 Å². The normalized spacial score (nSPS) is 11.8. The van der Waals surface area contributed by atoms with E-state index in [2.05, 4.69) is 225 Å². The molecule has 7 N–H and O–H groups in total. The topological polar surface area (TPSA) is 268 Å². The van der Waals surface area contributed by atoms with Crippen molar-refractivity contribution < 1.29 is 24.1 Å². The first-order valence-corrected chi connectivity index (χ1v) is 45.4. The zero-order valence-corrected chi connectivity index (χ0v) is 78.6. The fourth-order valence-corrected chi connectivity index (χ4v) is 16.0. The molecule has 0 aliphatic heterocycles. The molecule has 4 atom stereocenters. The smallest absolute Gasteiger partial charge is 0.193 e. The van der Waals surface area contributed by atoms with E-state index in [0.29, 0.717) is 11.1 Å². The van der Waals surface area contributed by atoms with Gasteiger partial charge < -0.3 is 46.3 Å². The number of benzene rings is 15. The van der Waals surface area contributed by atoms with Crippen molar-refractivity contribution in [1.82, 2.24) is 60.5 Å². The number of aromatic nitrogens is 10. The van der Waals surface area contributed by atoms with Crippen molar-refractivity contribution in [3.8, 4) is 34.5 Å². The van der Waals surface area contributed by atoms with Gasteiger partial charge in [-0.05, 0) is 337 Å². The molecule has 15 aromatic carbocycles. The molecule has 0 saturated carbocycles. The number of nitrogens with zero attached hydrogens (tertiary/aromatic N) is 10. The van der Waals surface area contributed by atoms with E-state index in [4.69, 9.17) is 19.9 Å². The van der Waals surface area contributed by atoms with Gasteiger partial charge in [0.25, 0.3) is 0 Å². The molecular weight excluding hydrogens is 1700 g/mol. The van der Waals surface area contributed by atoms with Gasteiger partial charge in [0.1, 0.15) is 83.9 Å². The van der Waals surface area contributed by atoms with Crippen LogP contribution in [0, 0.1) is 69.2 Å². The van der Waals surface area contributed by atoms with Crippen LogP contribution < -0.4 is 41.2 Å². The number of fused-ring (bicyclic) bond motifs is 5. The van der Waals surface area contributed by atoms with Crippen molar-refractivity contribution in [3.05, 3.63) is 477 Å². The quantitative estimate of drug-likeness (QED) is 0.0344. The molecule has 0 fully saturated rings. The van der Waals surface area contributed by atoms with Crippen molar-refractivity contribution in [2.24, 2.45) is 5.73 Å². The van der Waals surface area contributed by atoms with E-state index in [0.717, 1.165) is 157 Å². The van der Waals surface area contributed by atoms with Crippen LogP contribution in [-0.2, 0) is 0 Å². The lowest BCUT2D eigenvalue weighted by Gasteiger charge is -2.19. The van der Waals surface area contributed by atoms with Crippen LogP contribution >= 0.6 is 0 Å². The van der Waals surface area contributed by atoms with E-state index in [1.807, 2.05) is 263 Å². The lowest BCUT2D eigenvalue weighted by Crippen LogP contribution is -2.19. The highest BCUT2D eigenvalue weighted by Crippen LogP contribution is 2.37. The van der Waals surface area contributed by atoms with Crippen LogP contribution in [0.15, 0.2) is 365 Å². The Morgan fingerprint density at radius 1 is 0.270 bits per heavy atom. The van der Waals surface area contributed by atoms with Gasteiger partial charge in [-0.1, -0.05) is 164 Å². The number of para-hydroxylation sites is 3. The fourth-order valence-electron chi connectivity index (χ4n) is 16.0. The Balaban J connectivity index is 0.000000124. The zero-order chi connectivity index (χ0) is 95.4. The number of aliphatic hydroxyl groups is 1.